The fourth-order valence-electron chi connectivity index (χ4n) is 2.29. The second-order valence-electron chi connectivity index (χ2n) is 5.47. The fraction of sp³-hybridized carbons (Fsp3) is 0.133. The Morgan fingerprint density at radius 3 is 2.57 bits per heavy atom. The van der Waals surface area contributed by atoms with Gasteiger partial charge in [0.25, 0.3) is 5.56 Å². The quantitative estimate of drug-likeness (QED) is 0.414. The number of anilines is 1. The predicted octanol–water partition coefficient (Wildman–Crippen LogP) is 0.844. The molecular formula is C15H15N7O5S. The fourth-order valence-corrected chi connectivity index (χ4v) is 2.80. The highest BCUT2D eigenvalue weighted by Gasteiger charge is 2.18. The van der Waals surface area contributed by atoms with Gasteiger partial charge in [-0.1, -0.05) is 0 Å². The van der Waals surface area contributed by atoms with Crippen LogP contribution in [0.3, 0.4) is 0 Å². The molecule has 0 atom stereocenters. The molecule has 0 unspecified atom stereocenters. The molecule has 5 N–H and O–H groups in total. The van der Waals surface area contributed by atoms with Crippen LogP contribution < -0.4 is 16.4 Å². The Bertz CT molecular complexity index is 1240. The van der Waals surface area contributed by atoms with Crippen LogP contribution >= 0.6 is 0 Å². The van der Waals surface area contributed by atoms with Crippen molar-refractivity contribution >= 4 is 38.8 Å². The van der Waals surface area contributed by atoms with Crippen molar-refractivity contribution in [2.75, 3.05) is 12.3 Å². The van der Waals surface area contributed by atoms with E-state index in [0.717, 1.165) is 4.52 Å². The number of H-pyrrole nitrogens is 1. The number of ether oxygens (including phenoxy) is 1. The molecule has 1 aromatic carbocycles. The summed E-state index contributed by atoms with van der Waals surface area (Å²) in [6.45, 7) is 1.80. The van der Waals surface area contributed by atoms with Gasteiger partial charge in [0.1, 0.15) is 11.4 Å². The number of esters is 1. The van der Waals surface area contributed by atoms with Gasteiger partial charge in [0.15, 0.2) is 11.3 Å². The van der Waals surface area contributed by atoms with E-state index in [0.29, 0.717) is 0 Å². The molecule has 2 heterocycles. The molecule has 0 saturated heterocycles. The van der Waals surface area contributed by atoms with Crippen molar-refractivity contribution in [3.05, 3.63) is 46.4 Å². The third-order valence-corrected chi connectivity index (χ3v) is 4.54. The van der Waals surface area contributed by atoms with Gasteiger partial charge in [0.05, 0.1) is 17.2 Å². The minimum atomic E-state index is -3.83. The van der Waals surface area contributed by atoms with Gasteiger partial charge in [-0.2, -0.15) is 5.11 Å². The Morgan fingerprint density at radius 2 is 1.96 bits per heavy atom. The van der Waals surface area contributed by atoms with Gasteiger partial charge in [-0.3, -0.25) is 9.89 Å². The summed E-state index contributed by atoms with van der Waals surface area (Å²) in [5, 5.41) is 15.2. The number of carbonyl (C=O) groups is 1. The Labute approximate surface area is 157 Å². The van der Waals surface area contributed by atoms with Gasteiger partial charge in [-0.05, 0) is 31.2 Å². The molecule has 12 nitrogen and oxygen atoms in total. The molecule has 2 aromatic heterocycles. The molecule has 0 radical (unpaired) electrons. The Kier molecular flexibility index (Phi) is 4.94. The molecular weight excluding hydrogens is 390 g/mol. The number of benzene rings is 1. The zero-order chi connectivity index (χ0) is 20.5. The Morgan fingerprint density at radius 1 is 1.29 bits per heavy atom. The second kappa shape index (κ2) is 7.21. The first-order valence-corrected chi connectivity index (χ1v) is 9.38. The normalized spacial score (nSPS) is 11.9. The number of fused-ring (bicyclic) bond motifs is 1. The third kappa shape index (κ3) is 3.60. The highest BCUT2D eigenvalue weighted by molar-refractivity contribution is 7.89. The van der Waals surface area contributed by atoms with E-state index in [-0.39, 0.29) is 39.9 Å². The molecule has 0 fully saturated rings. The SMILES string of the molecule is CCOC(=O)c1cnc2c(N=Nc3ccc(S(N)(=O)=O)cc3)c(=O)[nH]n2c1N. The van der Waals surface area contributed by atoms with Crippen LogP contribution in [0.1, 0.15) is 17.3 Å². The number of nitrogens with one attached hydrogen (secondary N) is 1. The summed E-state index contributed by atoms with van der Waals surface area (Å²) in [4.78, 5) is 28.0. The average molecular weight is 405 g/mol. The summed E-state index contributed by atoms with van der Waals surface area (Å²) in [6.07, 6.45) is 1.18. The number of nitrogen functional groups attached to an aromatic ring is 1. The van der Waals surface area contributed by atoms with Gasteiger partial charge < -0.3 is 10.5 Å². The maximum absolute atomic E-state index is 12.2. The lowest BCUT2D eigenvalue weighted by Gasteiger charge is -2.06. The van der Waals surface area contributed by atoms with E-state index in [1.54, 1.807) is 6.92 Å². The zero-order valence-electron chi connectivity index (χ0n) is 14.5. The maximum atomic E-state index is 12.2. The first-order chi connectivity index (χ1) is 13.2. The van der Waals surface area contributed by atoms with E-state index >= 15 is 0 Å². The maximum Gasteiger partial charge on any atom is 0.343 e. The Balaban J connectivity index is 1.99. The van der Waals surface area contributed by atoms with Crippen molar-refractivity contribution in [3.8, 4) is 0 Å². The molecule has 0 spiro atoms. The van der Waals surface area contributed by atoms with Crippen LogP contribution in [0.15, 0.2) is 50.4 Å². The summed E-state index contributed by atoms with van der Waals surface area (Å²) < 4.78 is 28.5. The summed E-state index contributed by atoms with van der Waals surface area (Å²) in [6, 6.07) is 5.26. The zero-order valence-corrected chi connectivity index (χ0v) is 15.3. The van der Waals surface area contributed by atoms with Crippen LogP contribution in [0.2, 0.25) is 0 Å². The third-order valence-electron chi connectivity index (χ3n) is 3.61. The largest absolute Gasteiger partial charge is 0.462 e. The number of hydrogen-bond acceptors (Lipinski definition) is 9. The molecule has 0 aliphatic heterocycles. The smallest absolute Gasteiger partial charge is 0.343 e. The van der Waals surface area contributed by atoms with Crippen molar-refractivity contribution in [2.24, 2.45) is 15.4 Å². The number of rotatable bonds is 5. The first kappa shape index (κ1) is 19.2. The van der Waals surface area contributed by atoms with Crippen molar-refractivity contribution in [1.82, 2.24) is 14.6 Å². The monoisotopic (exact) mass is 405 g/mol. The average Bonchev–Trinajstić information content (AvgIpc) is 2.96. The molecule has 28 heavy (non-hydrogen) atoms. The topological polar surface area (TPSA) is 187 Å². The van der Waals surface area contributed by atoms with Crippen molar-refractivity contribution in [3.63, 3.8) is 0 Å². The summed E-state index contributed by atoms with van der Waals surface area (Å²) >= 11 is 0. The number of aromatic amines is 1. The van der Waals surface area contributed by atoms with Crippen LogP contribution in [-0.2, 0) is 14.8 Å². The van der Waals surface area contributed by atoms with Crippen LogP contribution in [-0.4, -0.2) is 35.6 Å². The van der Waals surface area contributed by atoms with E-state index < -0.39 is 21.6 Å². The molecule has 3 aromatic rings. The van der Waals surface area contributed by atoms with Crippen molar-refractivity contribution < 1.29 is 17.9 Å². The number of aromatic nitrogens is 3. The minimum absolute atomic E-state index is 0.0114. The van der Waals surface area contributed by atoms with E-state index in [1.807, 2.05) is 0 Å². The molecule has 3 rings (SSSR count). The lowest BCUT2D eigenvalue weighted by molar-refractivity contribution is 0.0526. The number of carbonyl (C=O) groups excluding carboxylic acids is 1. The highest BCUT2D eigenvalue weighted by atomic mass is 32.2. The number of nitrogens with two attached hydrogens (primary N) is 2. The van der Waals surface area contributed by atoms with Crippen molar-refractivity contribution in [1.29, 1.82) is 0 Å². The molecule has 146 valence electrons. The predicted molar refractivity (Wildman–Crippen MR) is 98.2 cm³/mol. The summed E-state index contributed by atoms with van der Waals surface area (Å²) in [7, 11) is -3.83. The molecule has 0 amide bonds. The summed E-state index contributed by atoms with van der Waals surface area (Å²) in [5.74, 6) is -0.749. The molecule has 0 aliphatic rings. The van der Waals surface area contributed by atoms with Gasteiger partial charge in [-0.25, -0.2) is 27.9 Å². The number of nitrogens with zero attached hydrogens (tertiary/aromatic N) is 4. The lowest BCUT2D eigenvalue weighted by Crippen LogP contribution is -2.13. The second-order valence-corrected chi connectivity index (χ2v) is 7.03. The van der Waals surface area contributed by atoms with Crippen LogP contribution in [0.4, 0.5) is 17.2 Å². The Hall–Kier alpha value is -3.58. The van der Waals surface area contributed by atoms with E-state index in [1.165, 1.54) is 30.5 Å². The van der Waals surface area contributed by atoms with E-state index in [2.05, 4.69) is 20.3 Å². The molecule has 0 aliphatic carbocycles. The minimum Gasteiger partial charge on any atom is -0.462 e. The van der Waals surface area contributed by atoms with Crippen LogP contribution in [0.5, 0.6) is 0 Å². The van der Waals surface area contributed by atoms with Crippen LogP contribution in [0, 0.1) is 0 Å². The highest BCUT2D eigenvalue weighted by Crippen LogP contribution is 2.22. The molecule has 0 saturated carbocycles. The number of hydrogen-bond donors (Lipinski definition) is 3. The van der Waals surface area contributed by atoms with Gasteiger partial charge in [-0.15, -0.1) is 5.11 Å². The van der Waals surface area contributed by atoms with Gasteiger partial charge in [0, 0.05) is 6.20 Å². The number of primary sulfonamides is 1. The number of sulfonamides is 1. The van der Waals surface area contributed by atoms with Crippen molar-refractivity contribution in [2.45, 2.75) is 11.8 Å². The van der Waals surface area contributed by atoms with Gasteiger partial charge in [0.2, 0.25) is 10.0 Å². The standard InChI is InChI=1S/C15H15N7O5S/c1-2-27-15(24)10-7-18-13-11(14(23)21-22(13)12(10)16)20-19-8-3-5-9(6-4-8)28(17,25)26/h3-7H,2,16H2,1H3,(H,21,23)(H2,17,25,26). The van der Waals surface area contributed by atoms with Gasteiger partial charge >= 0.3 is 5.97 Å². The van der Waals surface area contributed by atoms with E-state index in [9.17, 15) is 18.0 Å². The first-order valence-electron chi connectivity index (χ1n) is 7.83. The summed E-state index contributed by atoms with van der Waals surface area (Å²) in [5.41, 5.74) is 5.46. The number of azo groups is 1. The molecule has 0 bridgehead atoms. The van der Waals surface area contributed by atoms with E-state index in [4.69, 9.17) is 15.6 Å². The van der Waals surface area contributed by atoms with Crippen LogP contribution in [0.25, 0.3) is 5.65 Å². The lowest BCUT2D eigenvalue weighted by atomic mass is 10.3. The molecule has 13 heteroatoms.